The van der Waals surface area contributed by atoms with Gasteiger partial charge >= 0.3 is 12.1 Å². The molecule has 0 saturated carbocycles. The van der Waals surface area contributed by atoms with Crippen molar-refractivity contribution in [1.29, 1.82) is 0 Å². The van der Waals surface area contributed by atoms with Gasteiger partial charge in [-0.1, -0.05) is 0 Å². The number of ether oxygens (including phenoxy) is 2. The van der Waals surface area contributed by atoms with E-state index in [2.05, 4.69) is 10.1 Å². The highest BCUT2D eigenvalue weighted by atomic mass is 16.5. The van der Waals surface area contributed by atoms with Crippen LogP contribution in [0.25, 0.3) is 0 Å². The molecule has 1 aliphatic rings. The summed E-state index contributed by atoms with van der Waals surface area (Å²) in [5.74, 6) is 0. The molecular weight excluding hydrogens is 188 g/mol. The molecule has 14 heavy (non-hydrogen) atoms. The lowest BCUT2D eigenvalue weighted by atomic mass is 10.1. The Kier molecular flexibility index (Phi) is 4.18. The van der Waals surface area contributed by atoms with E-state index in [-0.39, 0.29) is 6.04 Å². The average Bonchev–Trinajstić information content (AvgIpc) is 2.19. The molecule has 1 heterocycles. The number of hydrogen-bond donors (Lipinski definition) is 2. The number of rotatable bonds is 1. The average molecular weight is 202 g/mol. The maximum Gasteiger partial charge on any atom is 0.415 e. The first-order valence-electron chi connectivity index (χ1n) is 4.45. The summed E-state index contributed by atoms with van der Waals surface area (Å²) in [7, 11) is 1.21. The second-order valence-corrected chi connectivity index (χ2v) is 2.98. The SMILES string of the molecule is COC(=O)NC(=O)NC1CCOCC1. The molecule has 2 N–H and O–H groups in total. The van der Waals surface area contributed by atoms with Gasteiger partial charge in [0.25, 0.3) is 0 Å². The quantitative estimate of drug-likeness (QED) is 0.638. The van der Waals surface area contributed by atoms with Gasteiger partial charge < -0.3 is 14.8 Å². The molecule has 3 amide bonds. The Morgan fingerprint density at radius 3 is 2.57 bits per heavy atom. The zero-order chi connectivity index (χ0) is 10.4. The first-order chi connectivity index (χ1) is 6.72. The maximum atomic E-state index is 11.1. The van der Waals surface area contributed by atoms with Crippen molar-refractivity contribution in [2.45, 2.75) is 18.9 Å². The molecule has 1 rings (SSSR count). The van der Waals surface area contributed by atoms with E-state index >= 15 is 0 Å². The number of carbonyl (C=O) groups excluding carboxylic acids is 2. The third-order valence-corrected chi connectivity index (χ3v) is 1.96. The third-order valence-electron chi connectivity index (χ3n) is 1.96. The Morgan fingerprint density at radius 1 is 1.36 bits per heavy atom. The highest BCUT2D eigenvalue weighted by Crippen LogP contribution is 2.05. The minimum atomic E-state index is -0.755. The fourth-order valence-corrected chi connectivity index (χ4v) is 1.21. The largest absolute Gasteiger partial charge is 0.453 e. The number of imide groups is 1. The summed E-state index contributed by atoms with van der Waals surface area (Å²) < 4.78 is 9.39. The fourth-order valence-electron chi connectivity index (χ4n) is 1.21. The van der Waals surface area contributed by atoms with Crippen molar-refractivity contribution in [1.82, 2.24) is 10.6 Å². The summed E-state index contributed by atoms with van der Waals surface area (Å²) in [6.07, 6.45) is 0.790. The van der Waals surface area contributed by atoms with E-state index in [9.17, 15) is 9.59 Å². The van der Waals surface area contributed by atoms with Crippen LogP contribution in [0, 0.1) is 0 Å². The normalized spacial score (nSPS) is 17.2. The van der Waals surface area contributed by atoms with Gasteiger partial charge in [-0.25, -0.2) is 14.9 Å². The molecule has 1 fully saturated rings. The van der Waals surface area contributed by atoms with Crippen LogP contribution in [-0.2, 0) is 9.47 Å². The number of nitrogens with one attached hydrogen (secondary N) is 2. The Bertz CT molecular complexity index is 213. The predicted molar refractivity (Wildman–Crippen MR) is 47.9 cm³/mol. The van der Waals surface area contributed by atoms with E-state index in [1.54, 1.807) is 0 Å². The molecule has 0 bridgehead atoms. The number of carbonyl (C=O) groups is 2. The Hall–Kier alpha value is -1.30. The lowest BCUT2D eigenvalue weighted by Crippen LogP contribution is -2.46. The van der Waals surface area contributed by atoms with Crippen LogP contribution in [0.4, 0.5) is 9.59 Å². The second-order valence-electron chi connectivity index (χ2n) is 2.98. The van der Waals surface area contributed by atoms with Crippen LogP contribution in [0.5, 0.6) is 0 Å². The summed E-state index contributed by atoms with van der Waals surface area (Å²) >= 11 is 0. The lowest BCUT2D eigenvalue weighted by molar-refractivity contribution is 0.0800. The van der Waals surface area contributed by atoms with Gasteiger partial charge in [0, 0.05) is 19.3 Å². The zero-order valence-electron chi connectivity index (χ0n) is 8.04. The monoisotopic (exact) mass is 202 g/mol. The van der Waals surface area contributed by atoms with E-state index in [1.807, 2.05) is 5.32 Å². The van der Waals surface area contributed by atoms with Crippen LogP contribution in [0.3, 0.4) is 0 Å². The topological polar surface area (TPSA) is 76.7 Å². The molecule has 0 atom stereocenters. The van der Waals surface area contributed by atoms with Crippen molar-refractivity contribution in [3.8, 4) is 0 Å². The molecule has 0 aromatic carbocycles. The fraction of sp³-hybridized carbons (Fsp3) is 0.750. The standard InChI is InChI=1S/C8H14N2O4/c1-13-8(12)10-7(11)9-6-2-4-14-5-3-6/h6H,2-5H2,1H3,(H2,9,10,11,12). The molecule has 0 aliphatic carbocycles. The molecule has 0 radical (unpaired) electrons. The molecule has 0 aromatic rings. The summed E-state index contributed by atoms with van der Waals surface area (Å²) in [6.45, 7) is 1.28. The van der Waals surface area contributed by atoms with Crippen molar-refractivity contribution < 1.29 is 19.1 Å². The molecule has 6 heteroatoms. The van der Waals surface area contributed by atoms with Gasteiger partial charge in [-0.05, 0) is 12.8 Å². The first kappa shape index (κ1) is 10.8. The van der Waals surface area contributed by atoms with Gasteiger partial charge in [0.05, 0.1) is 7.11 Å². The molecule has 1 saturated heterocycles. The molecule has 0 unspecified atom stereocenters. The predicted octanol–water partition coefficient (Wildman–Crippen LogP) is 0.231. The van der Waals surface area contributed by atoms with E-state index < -0.39 is 12.1 Å². The number of hydrogen-bond acceptors (Lipinski definition) is 4. The molecule has 1 aliphatic heterocycles. The van der Waals surface area contributed by atoms with Crippen LogP contribution in [0.2, 0.25) is 0 Å². The summed E-state index contributed by atoms with van der Waals surface area (Å²) in [4.78, 5) is 21.8. The van der Waals surface area contributed by atoms with Crippen LogP contribution in [0.1, 0.15) is 12.8 Å². The minimum absolute atomic E-state index is 0.0772. The van der Waals surface area contributed by atoms with Gasteiger partial charge in [-0.3, -0.25) is 0 Å². The highest BCUT2D eigenvalue weighted by Gasteiger charge is 2.16. The van der Waals surface area contributed by atoms with Crippen molar-refractivity contribution >= 4 is 12.1 Å². The van der Waals surface area contributed by atoms with Crippen molar-refractivity contribution in [2.24, 2.45) is 0 Å². The number of methoxy groups -OCH3 is 1. The van der Waals surface area contributed by atoms with Crippen LogP contribution in [0.15, 0.2) is 0 Å². The summed E-state index contributed by atoms with van der Waals surface area (Å²) in [5.41, 5.74) is 0. The minimum Gasteiger partial charge on any atom is -0.453 e. The van der Waals surface area contributed by atoms with Crippen LogP contribution < -0.4 is 10.6 Å². The zero-order valence-corrected chi connectivity index (χ0v) is 8.04. The van der Waals surface area contributed by atoms with Gasteiger partial charge in [0.2, 0.25) is 0 Å². The van der Waals surface area contributed by atoms with Crippen molar-refractivity contribution in [3.05, 3.63) is 0 Å². The van der Waals surface area contributed by atoms with E-state index in [0.717, 1.165) is 12.8 Å². The van der Waals surface area contributed by atoms with Crippen LogP contribution in [-0.4, -0.2) is 38.5 Å². The first-order valence-corrected chi connectivity index (χ1v) is 4.45. The Labute approximate surface area is 81.9 Å². The van der Waals surface area contributed by atoms with Gasteiger partial charge in [0.1, 0.15) is 0 Å². The maximum absolute atomic E-state index is 11.1. The molecule has 80 valence electrons. The number of alkyl carbamates (subject to hydrolysis) is 1. The summed E-state index contributed by atoms with van der Waals surface area (Å²) in [6, 6.07) is -0.447. The van der Waals surface area contributed by atoms with E-state index in [4.69, 9.17) is 4.74 Å². The third kappa shape index (κ3) is 3.61. The molecule has 0 aromatic heterocycles. The Balaban J connectivity index is 2.21. The molecule has 0 spiro atoms. The van der Waals surface area contributed by atoms with Gasteiger partial charge in [-0.15, -0.1) is 0 Å². The summed E-state index contributed by atoms with van der Waals surface area (Å²) in [5, 5.41) is 4.68. The van der Waals surface area contributed by atoms with Crippen molar-refractivity contribution in [3.63, 3.8) is 0 Å². The van der Waals surface area contributed by atoms with Crippen molar-refractivity contribution in [2.75, 3.05) is 20.3 Å². The molecular formula is C8H14N2O4. The van der Waals surface area contributed by atoms with Gasteiger partial charge in [-0.2, -0.15) is 0 Å². The van der Waals surface area contributed by atoms with E-state index in [1.165, 1.54) is 7.11 Å². The lowest BCUT2D eigenvalue weighted by Gasteiger charge is -2.22. The Morgan fingerprint density at radius 2 is 2.00 bits per heavy atom. The van der Waals surface area contributed by atoms with E-state index in [0.29, 0.717) is 13.2 Å². The van der Waals surface area contributed by atoms with Gasteiger partial charge in [0.15, 0.2) is 0 Å². The second kappa shape index (κ2) is 5.43. The number of amides is 3. The number of urea groups is 1. The van der Waals surface area contributed by atoms with Crippen LogP contribution >= 0.6 is 0 Å². The smallest absolute Gasteiger partial charge is 0.415 e. The molecule has 6 nitrogen and oxygen atoms in total. The highest BCUT2D eigenvalue weighted by molar-refractivity contribution is 5.90.